The largest absolute Gasteiger partial charge is 0.489 e. The van der Waals surface area contributed by atoms with Gasteiger partial charge in [0.15, 0.2) is 0 Å². The van der Waals surface area contributed by atoms with Gasteiger partial charge in [-0.3, -0.25) is 0 Å². The van der Waals surface area contributed by atoms with Crippen molar-refractivity contribution in [2.45, 2.75) is 18.9 Å². The van der Waals surface area contributed by atoms with Crippen LogP contribution in [0.25, 0.3) is 10.8 Å². The van der Waals surface area contributed by atoms with E-state index in [1.165, 1.54) is 10.8 Å². The second kappa shape index (κ2) is 5.29. The van der Waals surface area contributed by atoms with Crippen LogP contribution in [0.3, 0.4) is 0 Å². The molecular weight excluding hydrogens is 290 g/mol. The van der Waals surface area contributed by atoms with Gasteiger partial charge in [-0.05, 0) is 58.7 Å². The average molecular weight is 306 g/mol. The normalized spacial score (nSPS) is 16.9. The molecule has 0 aliphatic carbocycles. The molecule has 0 aromatic heterocycles. The molecule has 0 bridgehead atoms. The average Bonchev–Trinajstić information content (AvgIpc) is 2.43. The molecule has 2 nitrogen and oxygen atoms in total. The molecule has 0 unspecified atom stereocenters. The molecule has 3 rings (SSSR count). The van der Waals surface area contributed by atoms with Crippen molar-refractivity contribution in [2.75, 3.05) is 13.1 Å². The molecule has 0 saturated carbocycles. The van der Waals surface area contributed by atoms with Crippen LogP contribution in [0.1, 0.15) is 12.8 Å². The van der Waals surface area contributed by atoms with E-state index in [9.17, 15) is 0 Å². The van der Waals surface area contributed by atoms with Crippen molar-refractivity contribution in [1.29, 1.82) is 0 Å². The fraction of sp³-hybridized carbons (Fsp3) is 0.333. The zero-order valence-corrected chi connectivity index (χ0v) is 11.7. The van der Waals surface area contributed by atoms with Crippen molar-refractivity contribution >= 4 is 26.7 Å². The summed E-state index contributed by atoms with van der Waals surface area (Å²) in [6, 6.07) is 12.5. The summed E-state index contributed by atoms with van der Waals surface area (Å²) in [5.41, 5.74) is 0. The highest BCUT2D eigenvalue weighted by Crippen LogP contribution is 2.34. The maximum Gasteiger partial charge on any atom is 0.134 e. The molecule has 2 aromatic rings. The van der Waals surface area contributed by atoms with Gasteiger partial charge in [-0.25, -0.2) is 0 Å². The lowest BCUT2D eigenvalue weighted by Crippen LogP contribution is -2.34. The Hall–Kier alpha value is -1.06. The quantitative estimate of drug-likeness (QED) is 0.913. The molecule has 0 amide bonds. The standard InChI is InChI=1S/C15H16BrNO/c16-15-13-4-2-1-3-11(13)5-6-14(15)18-12-7-9-17-10-8-12/h1-6,12,17H,7-10H2. The number of hydrogen-bond acceptors (Lipinski definition) is 2. The highest BCUT2D eigenvalue weighted by atomic mass is 79.9. The number of rotatable bonds is 2. The van der Waals surface area contributed by atoms with E-state index in [0.29, 0.717) is 6.10 Å². The zero-order chi connectivity index (χ0) is 12.4. The molecule has 1 saturated heterocycles. The van der Waals surface area contributed by atoms with Crippen molar-refractivity contribution in [1.82, 2.24) is 5.32 Å². The van der Waals surface area contributed by atoms with Crippen LogP contribution < -0.4 is 10.1 Å². The minimum absolute atomic E-state index is 0.337. The van der Waals surface area contributed by atoms with E-state index in [2.05, 4.69) is 57.6 Å². The lowest BCUT2D eigenvalue weighted by atomic mass is 10.1. The minimum atomic E-state index is 0.337. The Labute approximate surface area is 115 Å². The fourth-order valence-electron chi connectivity index (χ4n) is 2.40. The van der Waals surface area contributed by atoms with Crippen molar-refractivity contribution in [3.8, 4) is 5.75 Å². The van der Waals surface area contributed by atoms with Crippen molar-refractivity contribution < 1.29 is 4.74 Å². The van der Waals surface area contributed by atoms with Gasteiger partial charge in [-0.15, -0.1) is 0 Å². The number of hydrogen-bond donors (Lipinski definition) is 1. The lowest BCUT2D eigenvalue weighted by molar-refractivity contribution is 0.161. The van der Waals surface area contributed by atoms with Crippen LogP contribution in [0, 0.1) is 0 Å². The van der Waals surface area contributed by atoms with Gasteiger partial charge in [0.2, 0.25) is 0 Å². The van der Waals surface area contributed by atoms with Crippen LogP contribution in [0.5, 0.6) is 5.75 Å². The van der Waals surface area contributed by atoms with E-state index >= 15 is 0 Å². The molecule has 18 heavy (non-hydrogen) atoms. The summed E-state index contributed by atoms with van der Waals surface area (Å²) < 4.78 is 7.18. The smallest absolute Gasteiger partial charge is 0.134 e. The predicted molar refractivity (Wildman–Crippen MR) is 78.2 cm³/mol. The lowest BCUT2D eigenvalue weighted by Gasteiger charge is -2.24. The van der Waals surface area contributed by atoms with E-state index in [1.54, 1.807) is 0 Å². The number of benzene rings is 2. The van der Waals surface area contributed by atoms with Crippen molar-refractivity contribution in [2.24, 2.45) is 0 Å². The maximum atomic E-state index is 6.11. The molecule has 1 aliphatic rings. The molecule has 1 heterocycles. The fourth-order valence-corrected chi connectivity index (χ4v) is 2.98. The number of piperidine rings is 1. The highest BCUT2D eigenvalue weighted by Gasteiger charge is 2.16. The summed E-state index contributed by atoms with van der Waals surface area (Å²) in [4.78, 5) is 0. The van der Waals surface area contributed by atoms with Gasteiger partial charge < -0.3 is 10.1 Å². The SMILES string of the molecule is Brc1c(OC2CCNCC2)ccc2ccccc12. The summed E-state index contributed by atoms with van der Waals surface area (Å²) in [6.07, 6.45) is 2.50. The van der Waals surface area contributed by atoms with Crippen LogP contribution in [0.15, 0.2) is 40.9 Å². The molecule has 1 N–H and O–H groups in total. The van der Waals surface area contributed by atoms with E-state index in [-0.39, 0.29) is 0 Å². The van der Waals surface area contributed by atoms with Gasteiger partial charge in [0.1, 0.15) is 11.9 Å². The van der Waals surface area contributed by atoms with E-state index in [1.807, 2.05) is 0 Å². The number of halogens is 1. The highest BCUT2D eigenvalue weighted by molar-refractivity contribution is 9.10. The maximum absolute atomic E-state index is 6.11. The summed E-state index contributed by atoms with van der Waals surface area (Å²) >= 11 is 3.67. The van der Waals surface area contributed by atoms with Crippen molar-refractivity contribution in [3.05, 3.63) is 40.9 Å². The predicted octanol–water partition coefficient (Wildman–Crippen LogP) is 3.73. The van der Waals surface area contributed by atoms with Gasteiger partial charge in [0.25, 0.3) is 0 Å². The number of fused-ring (bicyclic) bond motifs is 1. The van der Waals surface area contributed by atoms with Gasteiger partial charge in [-0.1, -0.05) is 30.3 Å². The van der Waals surface area contributed by atoms with Gasteiger partial charge in [0.05, 0.1) is 4.47 Å². The monoisotopic (exact) mass is 305 g/mol. The van der Waals surface area contributed by atoms with E-state index in [0.717, 1.165) is 36.2 Å². The second-order valence-electron chi connectivity index (χ2n) is 4.67. The van der Waals surface area contributed by atoms with Crippen LogP contribution in [-0.2, 0) is 0 Å². The van der Waals surface area contributed by atoms with Gasteiger partial charge in [-0.2, -0.15) is 0 Å². The summed E-state index contributed by atoms with van der Waals surface area (Å²) in [7, 11) is 0. The van der Waals surface area contributed by atoms with Crippen LogP contribution in [0.4, 0.5) is 0 Å². The van der Waals surface area contributed by atoms with E-state index < -0.39 is 0 Å². The Morgan fingerprint density at radius 1 is 1.06 bits per heavy atom. The van der Waals surface area contributed by atoms with Crippen LogP contribution in [0.2, 0.25) is 0 Å². The zero-order valence-electron chi connectivity index (χ0n) is 10.2. The first-order chi connectivity index (χ1) is 8.84. The molecule has 94 valence electrons. The Bertz CT molecular complexity index is 549. The molecule has 1 aliphatic heterocycles. The molecular formula is C15H16BrNO. The molecule has 0 spiro atoms. The number of ether oxygens (including phenoxy) is 1. The Balaban J connectivity index is 1.89. The Morgan fingerprint density at radius 2 is 1.83 bits per heavy atom. The van der Waals surface area contributed by atoms with Crippen molar-refractivity contribution in [3.63, 3.8) is 0 Å². The first-order valence-electron chi connectivity index (χ1n) is 6.39. The first kappa shape index (κ1) is 12.0. The van der Waals surface area contributed by atoms with Crippen LogP contribution >= 0.6 is 15.9 Å². The van der Waals surface area contributed by atoms with E-state index in [4.69, 9.17) is 4.74 Å². The first-order valence-corrected chi connectivity index (χ1v) is 7.18. The molecule has 1 fully saturated rings. The third-order valence-electron chi connectivity index (χ3n) is 3.41. The van der Waals surface area contributed by atoms with Gasteiger partial charge in [0, 0.05) is 0 Å². The van der Waals surface area contributed by atoms with Crippen LogP contribution in [-0.4, -0.2) is 19.2 Å². The Morgan fingerprint density at radius 3 is 2.67 bits per heavy atom. The Kier molecular flexibility index (Phi) is 3.52. The topological polar surface area (TPSA) is 21.3 Å². The minimum Gasteiger partial charge on any atom is -0.489 e. The second-order valence-corrected chi connectivity index (χ2v) is 5.46. The number of nitrogens with one attached hydrogen (secondary N) is 1. The molecule has 3 heteroatoms. The summed E-state index contributed by atoms with van der Waals surface area (Å²) in [5, 5.41) is 5.80. The molecule has 0 radical (unpaired) electrons. The van der Waals surface area contributed by atoms with Gasteiger partial charge >= 0.3 is 0 Å². The third-order valence-corrected chi connectivity index (χ3v) is 4.23. The molecule has 0 atom stereocenters. The third kappa shape index (κ3) is 2.38. The summed E-state index contributed by atoms with van der Waals surface area (Å²) in [6.45, 7) is 2.10. The molecule has 2 aromatic carbocycles. The summed E-state index contributed by atoms with van der Waals surface area (Å²) in [5.74, 6) is 0.959.